The highest BCUT2D eigenvalue weighted by atomic mass is 16.2. The van der Waals surface area contributed by atoms with Crippen molar-refractivity contribution in [3.63, 3.8) is 0 Å². The van der Waals surface area contributed by atoms with Crippen LogP contribution in [0.2, 0.25) is 0 Å². The fourth-order valence-corrected chi connectivity index (χ4v) is 4.04. The van der Waals surface area contributed by atoms with Crippen molar-refractivity contribution in [1.29, 1.82) is 5.26 Å². The molecule has 0 spiro atoms. The summed E-state index contributed by atoms with van der Waals surface area (Å²) in [4.78, 5) is 14.6. The van der Waals surface area contributed by atoms with E-state index in [2.05, 4.69) is 40.4 Å². The molecule has 0 saturated heterocycles. The number of carbonyl (C=O) groups excluding carboxylic acids is 1. The van der Waals surface area contributed by atoms with E-state index in [1.807, 2.05) is 6.07 Å². The number of nitriles is 1. The van der Waals surface area contributed by atoms with Gasteiger partial charge in [0, 0.05) is 6.04 Å². The van der Waals surface area contributed by atoms with Crippen LogP contribution in [0.1, 0.15) is 49.3 Å². The quantitative estimate of drug-likeness (QED) is 0.848. The summed E-state index contributed by atoms with van der Waals surface area (Å²) in [5, 5.41) is 12.4. The predicted octanol–water partition coefficient (Wildman–Crippen LogP) is 2.56. The number of terminal acetylenes is 1. The molecule has 0 bridgehead atoms. The first-order chi connectivity index (χ1) is 11.7. The fourth-order valence-electron chi connectivity index (χ4n) is 4.04. The maximum atomic E-state index is 12.5. The molecule has 1 aromatic rings. The smallest absolute Gasteiger partial charge is 0.235 e. The van der Waals surface area contributed by atoms with E-state index >= 15 is 0 Å². The highest BCUT2D eigenvalue weighted by Gasteiger charge is 2.36. The van der Waals surface area contributed by atoms with E-state index < -0.39 is 5.54 Å². The second kappa shape index (κ2) is 7.07. The van der Waals surface area contributed by atoms with Gasteiger partial charge in [0.1, 0.15) is 5.54 Å². The average molecular weight is 321 g/mol. The van der Waals surface area contributed by atoms with Crippen molar-refractivity contribution in [2.45, 2.75) is 50.1 Å². The molecule has 1 saturated carbocycles. The minimum absolute atomic E-state index is 0.0990. The summed E-state index contributed by atoms with van der Waals surface area (Å²) >= 11 is 0. The van der Waals surface area contributed by atoms with E-state index in [9.17, 15) is 10.1 Å². The van der Waals surface area contributed by atoms with E-state index in [-0.39, 0.29) is 18.5 Å². The molecule has 3 rings (SSSR count). The zero-order valence-corrected chi connectivity index (χ0v) is 13.9. The first-order valence-corrected chi connectivity index (χ1v) is 8.65. The minimum Gasteiger partial charge on any atom is -0.337 e. The molecule has 2 aliphatic carbocycles. The molecule has 1 amide bonds. The molecule has 0 aromatic heterocycles. The molecule has 0 unspecified atom stereocenters. The zero-order chi connectivity index (χ0) is 17.0. The van der Waals surface area contributed by atoms with Gasteiger partial charge in [-0.05, 0) is 49.7 Å². The third-order valence-corrected chi connectivity index (χ3v) is 5.23. The highest BCUT2D eigenvalue weighted by molar-refractivity contribution is 5.79. The van der Waals surface area contributed by atoms with E-state index in [4.69, 9.17) is 6.42 Å². The summed E-state index contributed by atoms with van der Waals surface area (Å²) in [6, 6.07) is 10.9. The lowest BCUT2D eigenvalue weighted by Gasteiger charge is -2.29. The normalized spacial score (nSPS) is 21.0. The number of aryl methyl sites for hydroxylation is 1. The number of rotatable bonds is 5. The zero-order valence-electron chi connectivity index (χ0n) is 13.9. The largest absolute Gasteiger partial charge is 0.337 e. The lowest BCUT2D eigenvalue weighted by Crippen LogP contribution is -2.49. The number of nitrogens with one attached hydrogen (secondary N) is 1. The molecule has 4 nitrogen and oxygen atoms in total. The van der Waals surface area contributed by atoms with Gasteiger partial charge in [0.05, 0.1) is 19.2 Å². The highest BCUT2D eigenvalue weighted by Crippen LogP contribution is 2.35. The maximum absolute atomic E-state index is 12.5. The summed E-state index contributed by atoms with van der Waals surface area (Å²) in [6.07, 6.45) is 11.0. The molecule has 1 N–H and O–H groups in total. The van der Waals surface area contributed by atoms with E-state index in [1.165, 1.54) is 11.1 Å². The van der Waals surface area contributed by atoms with Crippen LogP contribution in [0.3, 0.4) is 0 Å². The van der Waals surface area contributed by atoms with Crippen molar-refractivity contribution >= 4 is 5.91 Å². The molecule has 4 heteroatoms. The lowest BCUT2D eigenvalue weighted by molar-refractivity contribution is -0.124. The number of nitrogens with zero attached hydrogens (tertiary/aromatic N) is 2. The maximum Gasteiger partial charge on any atom is 0.235 e. The third kappa shape index (κ3) is 3.30. The van der Waals surface area contributed by atoms with Gasteiger partial charge in [-0.25, -0.2) is 0 Å². The Kier molecular flexibility index (Phi) is 4.88. The van der Waals surface area contributed by atoms with Gasteiger partial charge < -0.3 is 5.32 Å². The Balaban J connectivity index is 1.70. The summed E-state index contributed by atoms with van der Waals surface area (Å²) in [6.45, 7) is 0.679. The van der Waals surface area contributed by atoms with E-state index in [0.29, 0.717) is 6.54 Å². The number of hydrogen-bond donors (Lipinski definition) is 1. The van der Waals surface area contributed by atoms with Crippen LogP contribution >= 0.6 is 0 Å². The van der Waals surface area contributed by atoms with Crippen LogP contribution in [0.25, 0.3) is 0 Å². The molecule has 1 fully saturated rings. The van der Waals surface area contributed by atoms with E-state index in [0.717, 1.165) is 38.5 Å². The number of benzene rings is 1. The Bertz CT molecular complexity index is 692. The van der Waals surface area contributed by atoms with Crippen molar-refractivity contribution in [3.05, 3.63) is 35.4 Å². The van der Waals surface area contributed by atoms with Crippen LogP contribution in [0, 0.1) is 23.7 Å². The second-order valence-corrected chi connectivity index (χ2v) is 6.81. The number of carbonyl (C=O) groups is 1. The SMILES string of the molecule is C#CCN(CC(=O)NC1(C#N)CCCC1)[C@H]1CCc2ccccc21. The van der Waals surface area contributed by atoms with Gasteiger partial charge in [-0.15, -0.1) is 6.42 Å². The first kappa shape index (κ1) is 16.6. The van der Waals surface area contributed by atoms with Gasteiger partial charge >= 0.3 is 0 Å². The van der Waals surface area contributed by atoms with Crippen molar-refractivity contribution in [1.82, 2.24) is 10.2 Å². The van der Waals surface area contributed by atoms with Crippen LogP contribution in [0.15, 0.2) is 24.3 Å². The Morgan fingerprint density at radius 3 is 2.83 bits per heavy atom. The van der Waals surface area contributed by atoms with Crippen LogP contribution in [-0.2, 0) is 11.2 Å². The molecular formula is C20H23N3O. The van der Waals surface area contributed by atoms with Crippen LogP contribution < -0.4 is 5.32 Å². The Labute approximate surface area is 143 Å². The van der Waals surface area contributed by atoms with Gasteiger partial charge in [0.25, 0.3) is 0 Å². The van der Waals surface area contributed by atoms with Crippen LogP contribution in [-0.4, -0.2) is 29.4 Å². The lowest BCUT2D eigenvalue weighted by atomic mass is 10.00. The summed E-state index contributed by atoms with van der Waals surface area (Å²) in [7, 11) is 0. The molecule has 1 aromatic carbocycles. The van der Waals surface area contributed by atoms with Gasteiger partial charge in [-0.2, -0.15) is 5.26 Å². The van der Waals surface area contributed by atoms with E-state index in [1.54, 1.807) is 0 Å². The molecule has 124 valence electrons. The van der Waals surface area contributed by atoms with Crippen molar-refractivity contribution in [3.8, 4) is 18.4 Å². The van der Waals surface area contributed by atoms with Crippen molar-refractivity contribution in [2.75, 3.05) is 13.1 Å². The molecule has 2 aliphatic rings. The number of fused-ring (bicyclic) bond motifs is 1. The fraction of sp³-hybridized carbons (Fsp3) is 0.500. The number of amides is 1. The van der Waals surface area contributed by atoms with Crippen LogP contribution in [0.4, 0.5) is 0 Å². The Morgan fingerprint density at radius 2 is 2.12 bits per heavy atom. The van der Waals surface area contributed by atoms with Crippen LogP contribution in [0.5, 0.6) is 0 Å². The standard InChI is InChI=1S/C20H23N3O/c1-2-13-23(18-10-9-16-7-3-4-8-17(16)18)14-19(24)22-20(15-21)11-5-6-12-20/h1,3-4,7-8,18H,5-6,9-14H2,(H,22,24)/t18-/m0/s1. The Morgan fingerprint density at radius 1 is 1.38 bits per heavy atom. The average Bonchev–Trinajstić information content (AvgIpc) is 3.22. The molecule has 0 heterocycles. The summed E-state index contributed by atoms with van der Waals surface area (Å²) < 4.78 is 0. The first-order valence-electron chi connectivity index (χ1n) is 8.65. The predicted molar refractivity (Wildman–Crippen MR) is 92.9 cm³/mol. The van der Waals surface area contributed by atoms with Gasteiger partial charge in [0.2, 0.25) is 5.91 Å². The minimum atomic E-state index is -0.674. The topological polar surface area (TPSA) is 56.1 Å². The molecule has 0 radical (unpaired) electrons. The summed E-state index contributed by atoms with van der Waals surface area (Å²) in [5.74, 6) is 2.58. The van der Waals surface area contributed by atoms with Crippen molar-refractivity contribution < 1.29 is 4.79 Å². The van der Waals surface area contributed by atoms with Gasteiger partial charge in [-0.3, -0.25) is 9.69 Å². The summed E-state index contributed by atoms with van der Waals surface area (Å²) in [5.41, 5.74) is 1.94. The van der Waals surface area contributed by atoms with Crippen molar-refractivity contribution in [2.24, 2.45) is 0 Å². The molecule has 1 atom stereocenters. The third-order valence-electron chi connectivity index (χ3n) is 5.23. The molecule has 24 heavy (non-hydrogen) atoms. The monoisotopic (exact) mass is 321 g/mol. The second-order valence-electron chi connectivity index (χ2n) is 6.81. The Hall–Kier alpha value is -2.30. The molecule has 0 aliphatic heterocycles. The van der Waals surface area contributed by atoms with Gasteiger partial charge in [0.15, 0.2) is 0 Å². The van der Waals surface area contributed by atoms with Gasteiger partial charge in [-0.1, -0.05) is 30.2 Å². The molecular weight excluding hydrogens is 298 g/mol. The number of hydrogen-bond acceptors (Lipinski definition) is 3.